The summed E-state index contributed by atoms with van der Waals surface area (Å²) in [7, 11) is 0. The molecule has 0 aromatic heterocycles. The molecule has 0 radical (unpaired) electrons. The van der Waals surface area contributed by atoms with Crippen molar-refractivity contribution in [3.05, 3.63) is 54.6 Å². The molecule has 2 aromatic rings. The zero-order chi connectivity index (χ0) is 15.9. The maximum atomic E-state index is 5.99. The number of hydrogen-bond acceptors (Lipinski definition) is 4. The van der Waals surface area contributed by atoms with Gasteiger partial charge in [0.2, 0.25) is 0 Å². The fourth-order valence-corrected chi connectivity index (χ4v) is 4.98. The average Bonchev–Trinajstić information content (AvgIpc) is 2.56. The van der Waals surface area contributed by atoms with Crippen LogP contribution in [0.1, 0.15) is 0 Å². The van der Waals surface area contributed by atoms with Gasteiger partial charge in [-0.05, 0) is 11.5 Å². The van der Waals surface area contributed by atoms with Gasteiger partial charge >= 0.3 is 0 Å². The lowest BCUT2D eigenvalue weighted by Crippen LogP contribution is -2.37. The third kappa shape index (κ3) is 4.93. The standard InChI is InChI=1S/C19H23NOS2/c1-15-11-22-13-17(14-23-12-15)20-9-10-21-19-8-4-6-16-5-2-3-7-18(16)19/h2-8,17,20H,1,9-14H2. The van der Waals surface area contributed by atoms with Crippen LogP contribution in [-0.2, 0) is 0 Å². The van der Waals surface area contributed by atoms with Crippen LogP contribution in [-0.4, -0.2) is 42.2 Å². The SMILES string of the molecule is C=C1CSCC(NCCOc2cccc3ccccc23)CSC1. The van der Waals surface area contributed by atoms with Crippen molar-refractivity contribution in [2.24, 2.45) is 0 Å². The third-order valence-corrected chi connectivity index (χ3v) is 6.29. The van der Waals surface area contributed by atoms with Crippen molar-refractivity contribution in [2.45, 2.75) is 6.04 Å². The van der Waals surface area contributed by atoms with Gasteiger partial charge in [-0.25, -0.2) is 0 Å². The molecule has 3 rings (SSSR count). The van der Waals surface area contributed by atoms with E-state index in [1.165, 1.54) is 16.3 Å². The van der Waals surface area contributed by atoms with Crippen LogP contribution in [0.2, 0.25) is 0 Å². The maximum Gasteiger partial charge on any atom is 0.127 e. The van der Waals surface area contributed by atoms with Crippen LogP contribution in [0.15, 0.2) is 54.6 Å². The van der Waals surface area contributed by atoms with Gasteiger partial charge in [-0.3, -0.25) is 0 Å². The zero-order valence-electron chi connectivity index (χ0n) is 13.3. The van der Waals surface area contributed by atoms with Crippen LogP contribution < -0.4 is 10.1 Å². The second-order valence-corrected chi connectivity index (χ2v) is 7.82. The zero-order valence-corrected chi connectivity index (χ0v) is 14.9. The molecular weight excluding hydrogens is 322 g/mol. The molecule has 0 spiro atoms. The Hall–Kier alpha value is -1.10. The van der Waals surface area contributed by atoms with Gasteiger partial charge in [0, 0.05) is 41.0 Å². The molecule has 1 fully saturated rings. The minimum atomic E-state index is 0.564. The first-order valence-corrected chi connectivity index (χ1v) is 10.3. The van der Waals surface area contributed by atoms with Crippen LogP contribution in [0.3, 0.4) is 0 Å². The Morgan fingerprint density at radius 3 is 2.61 bits per heavy atom. The Kier molecular flexibility index (Phi) is 6.31. The Balaban J connectivity index is 1.46. The minimum Gasteiger partial charge on any atom is -0.492 e. The Labute approximate surface area is 147 Å². The van der Waals surface area contributed by atoms with Crippen LogP contribution in [0.4, 0.5) is 0 Å². The summed E-state index contributed by atoms with van der Waals surface area (Å²) in [4.78, 5) is 0. The monoisotopic (exact) mass is 345 g/mol. The second kappa shape index (κ2) is 8.67. The van der Waals surface area contributed by atoms with Gasteiger partial charge in [-0.15, -0.1) is 0 Å². The van der Waals surface area contributed by atoms with Gasteiger partial charge in [0.1, 0.15) is 12.4 Å². The predicted molar refractivity (Wildman–Crippen MR) is 105 cm³/mol. The number of benzene rings is 2. The highest BCUT2D eigenvalue weighted by atomic mass is 32.2. The lowest BCUT2D eigenvalue weighted by molar-refractivity contribution is 0.313. The van der Waals surface area contributed by atoms with Crippen LogP contribution in [0.25, 0.3) is 10.8 Å². The largest absolute Gasteiger partial charge is 0.492 e. The topological polar surface area (TPSA) is 21.3 Å². The molecule has 1 N–H and O–H groups in total. The van der Waals surface area contributed by atoms with E-state index in [9.17, 15) is 0 Å². The van der Waals surface area contributed by atoms with Crippen molar-refractivity contribution >= 4 is 34.3 Å². The summed E-state index contributed by atoms with van der Waals surface area (Å²) in [5.41, 5.74) is 1.36. The first-order valence-electron chi connectivity index (χ1n) is 7.99. The maximum absolute atomic E-state index is 5.99. The smallest absolute Gasteiger partial charge is 0.127 e. The Morgan fingerprint density at radius 2 is 1.78 bits per heavy atom. The quantitative estimate of drug-likeness (QED) is 0.647. The number of rotatable bonds is 5. The van der Waals surface area contributed by atoms with Gasteiger partial charge in [0.05, 0.1) is 0 Å². The van der Waals surface area contributed by atoms with E-state index in [2.05, 4.69) is 54.4 Å². The van der Waals surface area contributed by atoms with Crippen molar-refractivity contribution in [3.63, 3.8) is 0 Å². The summed E-state index contributed by atoms with van der Waals surface area (Å²) >= 11 is 3.97. The van der Waals surface area contributed by atoms with Crippen molar-refractivity contribution in [2.75, 3.05) is 36.2 Å². The molecule has 2 nitrogen and oxygen atoms in total. The normalized spacial score (nSPS) is 17.0. The fourth-order valence-electron chi connectivity index (χ4n) is 2.64. The molecule has 4 heteroatoms. The summed E-state index contributed by atoms with van der Waals surface area (Å²) in [5, 5.41) is 6.04. The van der Waals surface area contributed by atoms with Crippen molar-refractivity contribution in [1.29, 1.82) is 0 Å². The minimum absolute atomic E-state index is 0.564. The molecule has 1 aliphatic heterocycles. The van der Waals surface area contributed by atoms with Crippen LogP contribution >= 0.6 is 23.5 Å². The molecule has 1 saturated heterocycles. The number of hydrogen-bond donors (Lipinski definition) is 1. The molecule has 0 atom stereocenters. The van der Waals surface area contributed by atoms with Crippen molar-refractivity contribution in [3.8, 4) is 5.75 Å². The molecule has 0 bridgehead atoms. The molecule has 0 unspecified atom stereocenters. The summed E-state index contributed by atoms with van der Waals surface area (Å²) in [6.45, 7) is 5.68. The Bertz CT molecular complexity index is 641. The lowest BCUT2D eigenvalue weighted by atomic mass is 10.1. The number of thioether (sulfide) groups is 2. The number of nitrogens with one attached hydrogen (secondary N) is 1. The predicted octanol–water partition coefficient (Wildman–Crippen LogP) is 4.21. The summed E-state index contributed by atoms with van der Waals surface area (Å²) < 4.78 is 5.99. The molecular formula is C19H23NOS2. The van der Waals surface area contributed by atoms with Gasteiger partial charge < -0.3 is 10.1 Å². The summed E-state index contributed by atoms with van der Waals surface area (Å²) in [5.74, 6) is 5.47. The first kappa shape index (κ1) is 16.7. The summed E-state index contributed by atoms with van der Waals surface area (Å²) in [6.07, 6.45) is 0. The number of fused-ring (bicyclic) bond motifs is 1. The van der Waals surface area contributed by atoms with Gasteiger partial charge in [-0.2, -0.15) is 23.5 Å². The van der Waals surface area contributed by atoms with E-state index in [1.807, 2.05) is 23.5 Å². The van der Waals surface area contributed by atoms with E-state index in [0.29, 0.717) is 12.6 Å². The molecule has 0 aliphatic carbocycles. The Morgan fingerprint density at radius 1 is 1.04 bits per heavy atom. The molecule has 0 amide bonds. The average molecular weight is 346 g/mol. The van der Waals surface area contributed by atoms with Crippen molar-refractivity contribution < 1.29 is 4.74 Å². The first-order chi connectivity index (χ1) is 11.3. The highest BCUT2D eigenvalue weighted by molar-refractivity contribution is 8.01. The van der Waals surface area contributed by atoms with Gasteiger partial charge in [0.15, 0.2) is 0 Å². The van der Waals surface area contributed by atoms with E-state index in [-0.39, 0.29) is 0 Å². The lowest BCUT2D eigenvalue weighted by Gasteiger charge is -2.21. The molecule has 23 heavy (non-hydrogen) atoms. The highest BCUT2D eigenvalue weighted by Crippen LogP contribution is 2.25. The van der Waals surface area contributed by atoms with E-state index in [1.54, 1.807) is 0 Å². The fraction of sp³-hybridized carbons (Fsp3) is 0.368. The molecule has 2 aromatic carbocycles. The van der Waals surface area contributed by atoms with E-state index >= 15 is 0 Å². The molecule has 1 heterocycles. The number of ether oxygens (including phenoxy) is 1. The van der Waals surface area contributed by atoms with E-state index in [4.69, 9.17) is 4.74 Å². The van der Waals surface area contributed by atoms with Crippen molar-refractivity contribution in [1.82, 2.24) is 5.32 Å². The molecule has 0 saturated carbocycles. The molecule has 122 valence electrons. The van der Waals surface area contributed by atoms with E-state index in [0.717, 1.165) is 35.3 Å². The van der Waals surface area contributed by atoms with Crippen LogP contribution in [0.5, 0.6) is 5.75 Å². The molecule has 1 aliphatic rings. The van der Waals surface area contributed by atoms with Gasteiger partial charge in [0.25, 0.3) is 0 Å². The second-order valence-electron chi connectivity index (χ2n) is 5.76. The highest BCUT2D eigenvalue weighted by Gasteiger charge is 2.12. The summed E-state index contributed by atoms with van der Waals surface area (Å²) in [6, 6.07) is 15.2. The van der Waals surface area contributed by atoms with Gasteiger partial charge in [-0.1, -0.05) is 48.6 Å². The van der Waals surface area contributed by atoms with E-state index < -0.39 is 0 Å². The van der Waals surface area contributed by atoms with Crippen LogP contribution in [0, 0.1) is 0 Å². The third-order valence-electron chi connectivity index (χ3n) is 3.79.